The summed E-state index contributed by atoms with van der Waals surface area (Å²) in [6.07, 6.45) is 3.57. The summed E-state index contributed by atoms with van der Waals surface area (Å²) >= 11 is 0. The highest BCUT2D eigenvalue weighted by Crippen LogP contribution is 2.12. The number of likely N-dealkylation sites (N-methyl/N-ethyl adjacent to an activating group) is 1. The van der Waals surface area contributed by atoms with Crippen molar-refractivity contribution in [1.82, 2.24) is 15.5 Å². The minimum atomic E-state index is -0.00198. The molecule has 0 bridgehead atoms. The van der Waals surface area contributed by atoms with Gasteiger partial charge in [-0.15, -0.1) is 0 Å². The smallest absolute Gasteiger partial charge is 0.241 e. The predicted molar refractivity (Wildman–Crippen MR) is 102 cm³/mol. The Bertz CT molecular complexity index is 581. The molecular formula is C19H30N4O3. The van der Waals surface area contributed by atoms with Crippen molar-refractivity contribution >= 4 is 11.9 Å². The molecule has 1 aliphatic heterocycles. The first-order valence-electron chi connectivity index (χ1n) is 9.05. The minimum Gasteiger partial charge on any atom is -0.497 e. The van der Waals surface area contributed by atoms with Crippen molar-refractivity contribution in [2.24, 2.45) is 4.99 Å². The molecule has 144 valence electrons. The van der Waals surface area contributed by atoms with E-state index in [1.165, 1.54) is 6.42 Å². The topological polar surface area (TPSA) is 75.2 Å². The number of benzene rings is 1. The van der Waals surface area contributed by atoms with Crippen LogP contribution < -0.4 is 15.4 Å². The van der Waals surface area contributed by atoms with Gasteiger partial charge in [-0.1, -0.05) is 12.1 Å². The lowest BCUT2D eigenvalue weighted by Gasteiger charge is -2.24. The summed E-state index contributed by atoms with van der Waals surface area (Å²) in [5.41, 5.74) is 1.07. The second-order valence-corrected chi connectivity index (χ2v) is 6.52. The minimum absolute atomic E-state index is 0.00198. The number of hydrogen-bond acceptors (Lipinski definition) is 4. The quantitative estimate of drug-likeness (QED) is 0.566. The molecule has 26 heavy (non-hydrogen) atoms. The Morgan fingerprint density at radius 2 is 2.04 bits per heavy atom. The van der Waals surface area contributed by atoms with Gasteiger partial charge in [-0.05, 0) is 37.0 Å². The first kappa shape index (κ1) is 20.0. The first-order valence-corrected chi connectivity index (χ1v) is 9.05. The molecule has 0 spiro atoms. The van der Waals surface area contributed by atoms with Crippen LogP contribution in [0.15, 0.2) is 29.3 Å². The summed E-state index contributed by atoms with van der Waals surface area (Å²) in [7, 11) is 5.12. The number of ether oxygens (including phenoxy) is 2. The first-order chi connectivity index (χ1) is 12.6. The summed E-state index contributed by atoms with van der Waals surface area (Å²) in [6, 6.07) is 7.79. The molecule has 0 aliphatic carbocycles. The largest absolute Gasteiger partial charge is 0.497 e. The molecule has 7 nitrogen and oxygen atoms in total. The van der Waals surface area contributed by atoms with E-state index in [9.17, 15) is 4.79 Å². The van der Waals surface area contributed by atoms with Crippen LogP contribution >= 0.6 is 0 Å². The van der Waals surface area contributed by atoms with Crippen LogP contribution in [0.2, 0.25) is 0 Å². The fourth-order valence-corrected chi connectivity index (χ4v) is 2.57. The van der Waals surface area contributed by atoms with Crippen LogP contribution in [0.4, 0.5) is 0 Å². The fourth-order valence-electron chi connectivity index (χ4n) is 2.57. The van der Waals surface area contributed by atoms with Gasteiger partial charge >= 0.3 is 0 Å². The lowest BCUT2D eigenvalue weighted by Crippen LogP contribution is -2.45. The van der Waals surface area contributed by atoms with Crippen LogP contribution in [0, 0.1) is 0 Å². The summed E-state index contributed by atoms with van der Waals surface area (Å²) in [5.74, 6) is 1.43. The van der Waals surface area contributed by atoms with E-state index in [1.54, 1.807) is 26.1 Å². The summed E-state index contributed by atoms with van der Waals surface area (Å²) in [4.78, 5) is 18.0. The average Bonchev–Trinajstić information content (AvgIpc) is 2.68. The van der Waals surface area contributed by atoms with Crippen molar-refractivity contribution < 1.29 is 14.3 Å². The summed E-state index contributed by atoms with van der Waals surface area (Å²) < 4.78 is 10.9. The van der Waals surface area contributed by atoms with E-state index in [2.05, 4.69) is 15.6 Å². The van der Waals surface area contributed by atoms with Crippen LogP contribution in [-0.2, 0) is 16.1 Å². The second-order valence-electron chi connectivity index (χ2n) is 6.52. The van der Waals surface area contributed by atoms with Gasteiger partial charge in [0.1, 0.15) is 5.75 Å². The summed E-state index contributed by atoms with van der Waals surface area (Å²) in [5, 5.41) is 6.40. The average molecular weight is 362 g/mol. The number of aliphatic imine (C=N–C) groups is 1. The van der Waals surface area contributed by atoms with Gasteiger partial charge in [0.25, 0.3) is 0 Å². The van der Waals surface area contributed by atoms with Gasteiger partial charge in [-0.25, -0.2) is 4.99 Å². The highest BCUT2D eigenvalue weighted by molar-refractivity contribution is 5.86. The maximum absolute atomic E-state index is 11.8. The molecule has 1 aromatic carbocycles. The van der Waals surface area contributed by atoms with Crippen molar-refractivity contribution in [1.29, 1.82) is 0 Å². The molecule has 0 saturated carbocycles. The number of rotatable bonds is 7. The zero-order valence-corrected chi connectivity index (χ0v) is 16.0. The molecule has 1 heterocycles. The van der Waals surface area contributed by atoms with Gasteiger partial charge in [0.05, 0.1) is 26.3 Å². The number of carbonyl (C=O) groups excluding carboxylic acids is 1. The van der Waals surface area contributed by atoms with Crippen molar-refractivity contribution in [3.05, 3.63) is 29.8 Å². The fraction of sp³-hybridized carbons (Fsp3) is 0.579. The van der Waals surface area contributed by atoms with E-state index < -0.39 is 0 Å². The van der Waals surface area contributed by atoms with Crippen molar-refractivity contribution in [3.8, 4) is 5.75 Å². The molecule has 1 saturated heterocycles. The number of nitrogens with zero attached hydrogens (tertiary/aromatic N) is 2. The third kappa shape index (κ3) is 6.92. The van der Waals surface area contributed by atoms with Crippen LogP contribution in [0.5, 0.6) is 5.75 Å². The van der Waals surface area contributed by atoms with Crippen LogP contribution in [0.25, 0.3) is 0 Å². The van der Waals surface area contributed by atoms with E-state index >= 15 is 0 Å². The summed E-state index contributed by atoms with van der Waals surface area (Å²) in [6.45, 7) is 2.22. The number of carbonyl (C=O) groups is 1. The van der Waals surface area contributed by atoms with Crippen molar-refractivity contribution in [2.45, 2.75) is 31.9 Å². The van der Waals surface area contributed by atoms with Gasteiger partial charge in [0.2, 0.25) is 5.91 Å². The van der Waals surface area contributed by atoms with E-state index in [0.29, 0.717) is 19.0 Å². The molecule has 1 fully saturated rings. The van der Waals surface area contributed by atoms with E-state index in [0.717, 1.165) is 30.8 Å². The Kier molecular flexibility index (Phi) is 8.21. The number of hydrogen-bond donors (Lipinski definition) is 2. The molecule has 2 N–H and O–H groups in total. The second kappa shape index (κ2) is 10.7. The Morgan fingerprint density at radius 3 is 2.65 bits per heavy atom. The standard InChI is InChI=1S/C19H30N4O3/c1-23(2)18(24)14-22-19(21-13-17-6-4-5-11-26-17)20-12-15-7-9-16(25-3)10-8-15/h7-10,17H,4-6,11-14H2,1-3H3,(H2,20,21,22). The van der Waals surface area contributed by atoms with Gasteiger partial charge in [-0.2, -0.15) is 0 Å². The van der Waals surface area contributed by atoms with Crippen LogP contribution in [0.1, 0.15) is 24.8 Å². The van der Waals surface area contributed by atoms with Crippen LogP contribution in [0.3, 0.4) is 0 Å². The zero-order chi connectivity index (χ0) is 18.8. The molecule has 1 aromatic rings. The third-order valence-electron chi connectivity index (χ3n) is 4.26. The normalized spacial score (nSPS) is 17.5. The van der Waals surface area contributed by atoms with Crippen molar-refractivity contribution in [2.75, 3.05) is 40.9 Å². The molecule has 1 atom stereocenters. The number of nitrogens with one attached hydrogen (secondary N) is 2. The molecule has 1 aliphatic rings. The maximum atomic E-state index is 11.8. The number of amides is 1. The molecule has 0 radical (unpaired) electrons. The van der Waals surface area contributed by atoms with Crippen LogP contribution in [-0.4, -0.2) is 63.8 Å². The molecule has 1 amide bonds. The molecule has 7 heteroatoms. The highest BCUT2D eigenvalue weighted by Gasteiger charge is 2.14. The molecule has 0 aromatic heterocycles. The van der Waals surface area contributed by atoms with Gasteiger partial charge in [-0.3, -0.25) is 4.79 Å². The zero-order valence-electron chi connectivity index (χ0n) is 16.0. The van der Waals surface area contributed by atoms with Crippen molar-refractivity contribution in [3.63, 3.8) is 0 Å². The number of guanidine groups is 1. The third-order valence-corrected chi connectivity index (χ3v) is 4.26. The molecule has 2 rings (SSSR count). The molecular weight excluding hydrogens is 332 g/mol. The SMILES string of the molecule is COc1ccc(CN=C(NCC(=O)N(C)C)NCC2CCCCO2)cc1. The predicted octanol–water partition coefficient (Wildman–Crippen LogP) is 1.39. The Morgan fingerprint density at radius 1 is 1.27 bits per heavy atom. The highest BCUT2D eigenvalue weighted by atomic mass is 16.5. The van der Waals surface area contributed by atoms with Gasteiger partial charge in [0, 0.05) is 27.2 Å². The van der Waals surface area contributed by atoms with E-state index in [-0.39, 0.29) is 18.6 Å². The Balaban J connectivity index is 1.93. The van der Waals surface area contributed by atoms with Gasteiger partial charge in [0.15, 0.2) is 5.96 Å². The Labute approximate surface area is 155 Å². The lowest BCUT2D eigenvalue weighted by atomic mass is 10.1. The molecule has 1 unspecified atom stereocenters. The number of methoxy groups -OCH3 is 1. The monoisotopic (exact) mass is 362 g/mol. The van der Waals surface area contributed by atoms with Gasteiger partial charge < -0.3 is 25.0 Å². The maximum Gasteiger partial charge on any atom is 0.241 e. The van der Waals surface area contributed by atoms with E-state index in [4.69, 9.17) is 9.47 Å². The lowest BCUT2D eigenvalue weighted by molar-refractivity contribution is -0.127. The van der Waals surface area contributed by atoms with E-state index in [1.807, 2.05) is 24.3 Å². The Hall–Kier alpha value is -2.28.